The summed E-state index contributed by atoms with van der Waals surface area (Å²) >= 11 is 0. The molecule has 0 aliphatic heterocycles. The van der Waals surface area contributed by atoms with Gasteiger partial charge in [-0.1, -0.05) is 71.8 Å². The summed E-state index contributed by atoms with van der Waals surface area (Å²) in [7, 11) is 0. The minimum Gasteiger partial charge on any atom is -0.393 e. The van der Waals surface area contributed by atoms with E-state index in [9.17, 15) is 5.11 Å². The highest BCUT2D eigenvalue weighted by atomic mass is 16.3. The molecule has 1 heteroatoms. The van der Waals surface area contributed by atoms with Gasteiger partial charge in [-0.05, 0) is 110 Å². The van der Waals surface area contributed by atoms with Crippen LogP contribution in [0.2, 0.25) is 0 Å². The molecule has 1 nitrogen and oxygen atoms in total. The maximum atomic E-state index is 10.8. The third-order valence-electron chi connectivity index (χ3n) is 11.4. The molecule has 4 aliphatic rings. The number of allylic oxidation sites excluding steroid dienone is 3. The third kappa shape index (κ3) is 3.60. The zero-order valence-electron chi connectivity index (χ0n) is 21.7. The summed E-state index contributed by atoms with van der Waals surface area (Å²) in [5.74, 6) is 3.77. The van der Waals surface area contributed by atoms with Gasteiger partial charge in [-0.3, -0.25) is 0 Å². The van der Waals surface area contributed by atoms with Crippen LogP contribution in [0.5, 0.6) is 0 Å². The molecule has 0 bridgehead atoms. The summed E-state index contributed by atoms with van der Waals surface area (Å²) in [6.07, 6.45) is 12.7. The van der Waals surface area contributed by atoms with Crippen molar-refractivity contribution in [1.29, 1.82) is 0 Å². The fourth-order valence-electron chi connectivity index (χ4n) is 9.16. The monoisotopic (exact) mass is 426 g/mol. The summed E-state index contributed by atoms with van der Waals surface area (Å²) in [5, 5.41) is 10.8. The Labute approximate surface area is 193 Å². The van der Waals surface area contributed by atoms with Gasteiger partial charge in [0.1, 0.15) is 0 Å². The lowest BCUT2D eigenvalue weighted by atomic mass is 9.46. The predicted octanol–water partition coefficient (Wildman–Crippen LogP) is 8.34. The molecule has 176 valence electrons. The number of hydrogen-bond acceptors (Lipinski definition) is 1. The molecule has 4 rings (SSSR count). The number of fused-ring (bicyclic) bond motifs is 4. The second-order valence-corrected chi connectivity index (χ2v) is 13.5. The Morgan fingerprint density at radius 3 is 2.39 bits per heavy atom. The average Bonchev–Trinajstić information content (AvgIpc) is 3.06. The van der Waals surface area contributed by atoms with E-state index in [0.717, 1.165) is 24.2 Å². The molecule has 31 heavy (non-hydrogen) atoms. The first kappa shape index (κ1) is 23.6. The fourth-order valence-corrected chi connectivity index (χ4v) is 9.16. The molecule has 0 aromatic carbocycles. The molecular weight excluding hydrogens is 376 g/mol. The maximum Gasteiger partial charge on any atom is 0.0594 e. The minimum absolute atomic E-state index is 0.0534. The van der Waals surface area contributed by atoms with E-state index in [4.69, 9.17) is 0 Å². The molecule has 1 N–H and O–H groups in total. The first-order valence-corrected chi connectivity index (χ1v) is 13.5. The van der Waals surface area contributed by atoms with Crippen LogP contribution >= 0.6 is 0 Å². The van der Waals surface area contributed by atoms with Gasteiger partial charge < -0.3 is 5.11 Å². The van der Waals surface area contributed by atoms with Crippen LogP contribution in [0, 0.1) is 45.8 Å². The number of aliphatic hydroxyl groups is 1. The van der Waals surface area contributed by atoms with Crippen LogP contribution in [0.1, 0.15) is 113 Å². The molecular formula is C30H50O. The van der Waals surface area contributed by atoms with Gasteiger partial charge in [0.05, 0.1) is 6.10 Å². The van der Waals surface area contributed by atoms with Crippen LogP contribution < -0.4 is 0 Å². The van der Waals surface area contributed by atoms with Gasteiger partial charge in [-0.15, -0.1) is 0 Å². The van der Waals surface area contributed by atoms with Crippen molar-refractivity contribution in [3.05, 3.63) is 23.3 Å². The Morgan fingerprint density at radius 2 is 1.71 bits per heavy atom. The molecule has 0 saturated heterocycles. The Morgan fingerprint density at radius 1 is 1.00 bits per heavy atom. The molecule has 2 fully saturated rings. The van der Waals surface area contributed by atoms with Crippen LogP contribution in [0.4, 0.5) is 0 Å². The molecule has 0 amide bonds. The lowest BCUT2D eigenvalue weighted by Crippen LogP contribution is -2.53. The van der Waals surface area contributed by atoms with Crippen LogP contribution in [-0.2, 0) is 0 Å². The molecule has 0 aromatic rings. The van der Waals surface area contributed by atoms with Crippen molar-refractivity contribution < 1.29 is 5.11 Å². The molecule has 0 unspecified atom stereocenters. The van der Waals surface area contributed by atoms with E-state index < -0.39 is 0 Å². The fraction of sp³-hybridized carbons (Fsp3) is 0.867. The van der Waals surface area contributed by atoms with Gasteiger partial charge in [0, 0.05) is 0 Å². The largest absolute Gasteiger partial charge is 0.393 e. The summed E-state index contributed by atoms with van der Waals surface area (Å²) in [5.41, 5.74) is 6.07. The molecule has 2 saturated carbocycles. The predicted molar refractivity (Wildman–Crippen MR) is 133 cm³/mol. The van der Waals surface area contributed by atoms with Crippen LogP contribution in [-0.4, -0.2) is 11.2 Å². The Balaban J connectivity index is 1.56. The second-order valence-electron chi connectivity index (χ2n) is 13.5. The standard InChI is InChI=1S/C30H50O/c1-19(2)20(3)9-10-21(4)23-12-13-24-22-11-14-26-28(5,6)27(31)16-18-30(26,8)25(22)15-17-29(23,24)7/h19,21,23-24,26-27,31H,3,9-18H2,1-2,4-8H3/t21-,23+,24+,26-,27+,29+,30-/m1/s1. The van der Waals surface area contributed by atoms with Crippen LogP contribution in [0.3, 0.4) is 0 Å². The van der Waals surface area contributed by atoms with E-state index in [1.807, 2.05) is 11.1 Å². The number of rotatable bonds is 5. The number of aliphatic hydroxyl groups excluding tert-OH is 1. The van der Waals surface area contributed by atoms with Gasteiger partial charge in [-0.2, -0.15) is 0 Å². The van der Waals surface area contributed by atoms with Crippen molar-refractivity contribution in [3.63, 3.8) is 0 Å². The van der Waals surface area contributed by atoms with Gasteiger partial charge in [0.25, 0.3) is 0 Å². The summed E-state index contributed by atoms with van der Waals surface area (Å²) in [6, 6.07) is 0. The maximum absolute atomic E-state index is 10.8. The van der Waals surface area contributed by atoms with Gasteiger partial charge in [0.15, 0.2) is 0 Å². The number of hydrogen-bond donors (Lipinski definition) is 1. The van der Waals surface area contributed by atoms with E-state index in [2.05, 4.69) is 55.0 Å². The molecule has 4 aliphatic carbocycles. The van der Waals surface area contributed by atoms with Crippen molar-refractivity contribution in [2.45, 2.75) is 119 Å². The quantitative estimate of drug-likeness (QED) is 0.438. The first-order valence-electron chi connectivity index (χ1n) is 13.5. The zero-order chi connectivity index (χ0) is 22.8. The summed E-state index contributed by atoms with van der Waals surface area (Å²) < 4.78 is 0. The highest BCUT2D eigenvalue weighted by Gasteiger charge is 2.59. The van der Waals surface area contributed by atoms with Crippen LogP contribution in [0.15, 0.2) is 23.3 Å². The topological polar surface area (TPSA) is 20.2 Å². The summed E-state index contributed by atoms with van der Waals surface area (Å²) in [4.78, 5) is 0. The normalized spacial score (nSPS) is 42.7. The van der Waals surface area contributed by atoms with E-state index in [1.54, 1.807) is 0 Å². The van der Waals surface area contributed by atoms with Crippen molar-refractivity contribution in [2.24, 2.45) is 45.8 Å². The Kier molecular flexibility index (Phi) is 6.11. The van der Waals surface area contributed by atoms with E-state index >= 15 is 0 Å². The summed E-state index contributed by atoms with van der Waals surface area (Å²) in [6.45, 7) is 21.4. The SMILES string of the molecule is C=C(CC[C@@H](C)[C@@H]1CC[C@H]2C3=C(CC[C@]21C)[C@@]1(C)CC[C@H](O)C(C)(C)[C@H]1CC3)C(C)C. The average molecular weight is 427 g/mol. The molecule has 7 atom stereocenters. The smallest absolute Gasteiger partial charge is 0.0594 e. The molecule has 0 spiro atoms. The van der Waals surface area contributed by atoms with Crippen molar-refractivity contribution in [2.75, 3.05) is 0 Å². The minimum atomic E-state index is -0.126. The molecule has 0 radical (unpaired) electrons. The lowest BCUT2D eigenvalue weighted by molar-refractivity contribution is -0.0931. The van der Waals surface area contributed by atoms with Gasteiger partial charge in [0.2, 0.25) is 0 Å². The highest BCUT2D eigenvalue weighted by Crippen LogP contribution is 2.68. The molecule has 0 heterocycles. The van der Waals surface area contributed by atoms with Crippen molar-refractivity contribution in [1.82, 2.24) is 0 Å². The van der Waals surface area contributed by atoms with Crippen LogP contribution in [0.25, 0.3) is 0 Å². The lowest BCUT2D eigenvalue weighted by Gasteiger charge is -2.60. The van der Waals surface area contributed by atoms with Gasteiger partial charge >= 0.3 is 0 Å². The zero-order valence-corrected chi connectivity index (χ0v) is 21.7. The Bertz CT molecular complexity index is 742. The Hall–Kier alpha value is -0.560. The first-order chi connectivity index (χ1) is 14.4. The van der Waals surface area contributed by atoms with E-state index in [0.29, 0.717) is 22.7 Å². The van der Waals surface area contributed by atoms with Gasteiger partial charge in [-0.25, -0.2) is 0 Å². The van der Waals surface area contributed by atoms with E-state index in [1.165, 1.54) is 63.4 Å². The highest BCUT2D eigenvalue weighted by molar-refractivity contribution is 5.35. The van der Waals surface area contributed by atoms with Crippen molar-refractivity contribution in [3.8, 4) is 0 Å². The van der Waals surface area contributed by atoms with Crippen molar-refractivity contribution >= 4 is 0 Å². The van der Waals surface area contributed by atoms with E-state index in [-0.39, 0.29) is 11.5 Å². The third-order valence-corrected chi connectivity index (χ3v) is 11.4. The second kappa shape index (κ2) is 8.03. The molecule has 0 aromatic heterocycles.